The van der Waals surface area contributed by atoms with Crippen LogP contribution in [0.1, 0.15) is 59.3 Å². The van der Waals surface area contributed by atoms with Gasteiger partial charge in [-0.3, -0.25) is 14.1 Å². The molecule has 0 saturated heterocycles. The van der Waals surface area contributed by atoms with Crippen molar-refractivity contribution in [2.75, 3.05) is 17.6 Å². The first-order chi connectivity index (χ1) is 22.5. The Morgan fingerprint density at radius 2 is 1.58 bits per heavy atom. The van der Waals surface area contributed by atoms with Crippen molar-refractivity contribution in [3.8, 4) is 11.1 Å². The van der Waals surface area contributed by atoms with Crippen LogP contribution in [0.15, 0.2) is 84.9 Å². The first-order valence-electron chi connectivity index (χ1n) is 15.2. The number of rotatable bonds is 11. The van der Waals surface area contributed by atoms with Gasteiger partial charge < -0.3 is 10.6 Å². The number of allylic oxidation sites excluding steroid dienone is 1. The minimum absolute atomic E-state index is 0.0259. The van der Waals surface area contributed by atoms with Crippen LogP contribution in [0.5, 0.6) is 0 Å². The van der Waals surface area contributed by atoms with Gasteiger partial charge in [0.25, 0.3) is 16.0 Å². The summed E-state index contributed by atoms with van der Waals surface area (Å²) in [5.41, 5.74) is 3.35. The van der Waals surface area contributed by atoms with E-state index in [2.05, 4.69) is 37.5 Å². The molecule has 0 aromatic heterocycles. The molecule has 1 unspecified atom stereocenters. The third kappa shape index (κ3) is 10.3. The standard InChI is InChI=1S/C37H37ClF2N2O5S/c1-23-19-28(38)13-14-29(23)31-21-33(40)34(22-32(31)39)42-36(44)30(26-9-5-24(6-10-26)15-16-37(2,3)4)20-25-7-11-27(12-8-25)35(43)41-17-18-48(45,46)47/h5-16,19,21-22,30H,17-18,20H2,1-4H3,(H,41,43)(H,42,44)(H,45,46,47). The van der Waals surface area contributed by atoms with Crippen molar-refractivity contribution in [2.45, 2.75) is 40.0 Å². The molecule has 0 fully saturated rings. The van der Waals surface area contributed by atoms with Gasteiger partial charge in [-0.25, -0.2) is 8.78 Å². The van der Waals surface area contributed by atoms with Crippen molar-refractivity contribution in [1.82, 2.24) is 5.32 Å². The molecule has 3 N–H and O–H groups in total. The molecule has 0 saturated carbocycles. The van der Waals surface area contributed by atoms with Crippen LogP contribution in [0, 0.1) is 24.0 Å². The Morgan fingerprint density at radius 3 is 2.19 bits per heavy atom. The summed E-state index contributed by atoms with van der Waals surface area (Å²) in [5.74, 6) is -4.05. The number of carbonyl (C=O) groups is 2. The SMILES string of the molecule is Cc1cc(Cl)ccc1-c1cc(F)c(NC(=O)C(Cc2ccc(C(=O)NCCS(=O)(=O)O)cc2)c2ccc(C=CC(C)(C)C)cc2)cc1F. The third-order valence-corrected chi connectivity index (χ3v) is 8.48. The lowest BCUT2D eigenvalue weighted by atomic mass is 9.89. The molecule has 0 spiro atoms. The van der Waals surface area contributed by atoms with E-state index in [9.17, 15) is 18.0 Å². The number of carbonyl (C=O) groups excluding carboxylic acids is 2. The summed E-state index contributed by atoms with van der Waals surface area (Å²) in [6.45, 7) is 7.72. The molecule has 0 aliphatic heterocycles. The Kier molecular flexibility index (Phi) is 11.6. The topological polar surface area (TPSA) is 113 Å². The molecule has 0 aliphatic carbocycles. The van der Waals surface area contributed by atoms with E-state index >= 15 is 8.78 Å². The minimum Gasteiger partial charge on any atom is -0.351 e. The van der Waals surface area contributed by atoms with Gasteiger partial charge in [-0.2, -0.15) is 8.42 Å². The third-order valence-electron chi connectivity index (χ3n) is 7.53. The van der Waals surface area contributed by atoms with Crippen LogP contribution in [-0.4, -0.2) is 37.1 Å². The van der Waals surface area contributed by atoms with Crippen molar-refractivity contribution in [2.24, 2.45) is 5.41 Å². The average molecular weight is 695 g/mol. The van der Waals surface area contributed by atoms with Crippen molar-refractivity contribution in [3.63, 3.8) is 0 Å². The predicted molar refractivity (Wildman–Crippen MR) is 187 cm³/mol. The van der Waals surface area contributed by atoms with E-state index in [4.69, 9.17) is 16.2 Å². The summed E-state index contributed by atoms with van der Waals surface area (Å²) in [6, 6.07) is 20.6. The largest absolute Gasteiger partial charge is 0.351 e. The lowest BCUT2D eigenvalue weighted by Gasteiger charge is -2.19. The molecule has 48 heavy (non-hydrogen) atoms. The molecule has 0 aliphatic rings. The second kappa shape index (κ2) is 15.2. The molecule has 4 aromatic carbocycles. The van der Waals surface area contributed by atoms with E-state index in [-0.39, 0.29) is 35.2 Å². The highest BCUT2D eigenvalue weighted by atomic mass is 35.5. The molecule has 0 radical (unpaired) electrons. The van der Waals surface area contributed by atoms with Crippen molar-refractivity contribution < 1.29 is 31.3 Å². The van der Waals surface area contributed by atoms with Gasteiger partial charge >= 0.3 is 0 Å². The molecule has 252 valence electrons. The first-order valence-corrected chi connectivity index (χ1v) is 17.2. The number of hydrogen-bond donors (Lipinski definition) is 3. The lowest BCUT2D eigenvalue weighted by molar-refractivity contribution is -0.117. The maximum atomic E-state index is 15.4. The Hall–Kier alpha value is -4.38. The van der Waals surface area contributed by atoms with Crippen LogP contribution in [0.4, 0.5) is 14.5 Å². The Bertz CT molecular complexity index is 1940. The second-order valence-electron chi connectivity index (χ2n) is 12.6. The van der Waals surface area contributed by atoms with Crippen molar-refractivity contribution in [1.29, 1.82) is 0 Å². The van der Waals surface area contributed by atoms with E-state index in [1.165, 1.54) is 12.1 Å². The number of nitrogens with one attached hydrogen (secondary N) is 2. The maximum Gasteiger partial charge on any atom is 0.266 e. The van der Waals surface area contributed by atoms with Gasteiger partial charge in [0.15, 0.2) is 0 Å². The van der Waals surface area contributed by atoms with Gasteiger partial charge in [0.2, 0.25) is 5.91 Å². The summed E-state index contributed by atoms with van der Waals surface area (Å²) in [5, 5.41) is 5.47. The molecule has 2 amide bonds. The molecule has 1 atom stereocenters. The lowest BCUT2D eigenvalue weighted by Crippen LogP contribution is -2.28. The quantitative estimate of drug-likeness (QED) is 0.137. The van der Waals surface area contributed by atoms with Crippen LogP contribution in [0.3, 0.4) is 0 Å². The van der Waals surface area contributed by atoms with Gasteiger partial charge in [-0.1, -0.05) is 87.0 Å². The number of anilines is 1. The second-order valence-corrected chi connectivity index (χ2v) is 14.6. The van der Waals surface area contributed by atoms with Gasteiger partial charge in [-0.15, -0.1) is 0 Å². The normalized spacial score (nSPS) is 12.6. The zero-order valence-corrected chi connectivity index (χ0v) is 28.6. The smallest absolute Gasteiger partial charge is 0.266 e. The first kappa shape index (κ1) is 36.5. The molecule has 4 rings (SSSR count). The van der Waals surface area contributed by atoms with Crippen LogP contribution in [-0.2, 0) is 21.3 Å². The summed E-state index contributed by atoms with van der Waals surface area (Å²) >= 11 is 6.03. The Morgan fingerprint density at radius 1 is 0.917 bits per heavy atom. The molecule has 0 heterocycles. The highest BCUT2D eigenvalue weighted by molar-refractivity contribution is 7.85. The zero-order valence-electron chi connectivity index (χ0n) is 27.0. The van der Waals surface area contributed by atoms with E-state index in [1.807, 2.05) is 30.3 Å². The highest BCUT2D eigenvalue weighted by Gasteiger charge is 2.24. The molecule has 7 nitrogen and oxygen atoms in total. The van der Waals surface area contributed by atoms with Crippen LogP contribution < -0.4 is 10.6 Å². The number of hydrogen-bond acceptors (Lipinski definition) is 4. The Balaban J connectivity index is 1.60. The van der Waals surface area contributed by atoms with Crippen LogP contribution in [0.2, 0.25) is 5.02 Å². The summed E-state index contributed by atoms with van der Waals surface area (Å²) in [7, 11) is -4.22. The zero-order chi connectivity index (χ0) is 35.2. The minimum atomic E-state index is -4.22. The predicted octanol–water partition coefficient (Wildman–Crippen LogP) is 8.24. The van der Waals surface area contributed by atoms with Crippen molar-refractivity contribution >= 4 is 45.3 Å². The number of aryl methyl sites for hydroxylation is 1. The fourth-order valence-corrected chi connectivity index (χ4v) is 5.56. The fraction of sp³-hybridized carbons (Fsp3) is 0.243. The Labute approximate surface area is 284 Å². The molecule has 0 bridgehead atoms. The highest BCUT2D eigenvalue weighted by Crippen LogP contribution is 2.32. The summed E-state index contributed by atoms with van der Waals surface area (Å²) in [4.78, 5) is 26.2. The van der Waals surface area contributed by atoms with Gasteiger partial charge in [0.05, 0.1) is 17.4 Å². The fourth-order valence-electron chi connectivity index (χ4n) is 4.97. The van der Waals surface area contributed by atoms with Crippen molar-refractivity contribution in [3.05, 3.63) is 129 Å². The average Bonchev–Trinajstić information content (AvgIpc) is 3.00. The van der Waals surface area contributed by atoms with Gasteiger partial charge in [0, 0.05) is 28.8 Å². The maximum absolute atomic E-state index is 15.4. The molecule has 4 aromatic rings. The van der Waals surface area contributed by atoms with E-state index < -0.39 is 45.2 Å². The van der Waals surface area contributed by atoms with E-state index in [0.717, 1.165) is 17.7 Å². The van der Waals surface area contributed by atoms with Crippen LogP contribution in [0.25, 0.3) is 17.2 Å². The summed E-state index contributed by atoms with van der Waals surface area (Å²) in [6.07, 6.45) is 4.22. The number of benzene rings is 4. The monoisotopic (exact) mass is 694 g/mol. The van der Waals surface area contributed by atoms with E-state index in [0.29, 0.717) is 27.3 Å². The van der Waals surface area contributed by atoms with Gasteiger partial charge in [0.1, 0.15) is 11.6 Å². The summed E-state index contributed by atoms with van der Waals surface area (Å²) < 4.78 is 61.4. The molecular weight excluding hydrogens is 658 g/mol. The van der Waals surface area contributed by atoms with Crippen LogP contribution >= 0.6 is 11.6 Å². The molecule has 11 heteroatoms. The van der Waals surface area contributed by atoms with E-state index in [1.54, 1.807) is 37.3 Å². The number of amides is 2. The number of halogens is 3. The van der Waals surface area contributed by atoms with Gasteiger partial charge in [-0.05, 0) is 76.9 Å². The molecular formula is C37H37ClF2N2O5S.